The lowest BCUT2D eigenvalue weighted by atomic mass is 10.2. The molecule has 0 atom stereocenters. The summed E-state index contributed by atoms with van der Waals surface area (Å²) < 4.78 is 5.06. The molecule has 0 saturated heterocycles. The lowest BCUT2D eigenvalue weighted by molar-refractivity contribution is 0.415. The van der Waals surface area contributed by atoms with Crippen LogP contribution in [0.2, 0.25) is 0 Å². The maximum atomic E-state index is 7.67. The van der Waals surface area contributed by atoms with Gasteiger partial charge in [-0.15, -0.1) is 0 Å². The first kappa shape index (κ1) is 10.6. The van der Waals surface area contributed by atoms with Crippen molar-refractivity contribution >= 4 is 11.5 Å². The molecule has 3 heteroatoms. The lowest BCUT2D eigenvalue weighted by Crippen LogP contribution is -2.24. The fourth-order valence-electron chi connectivity index (χ4n) is 1.20. The van der Waals surface area contributed by atoms with Crippen LogP contribution in [0.25, 0.3) is 0 Å². The molecule has 0 fully saturated rings. The number of hydrogen-bond donors (Lipinski definition) is 1. The number of ether oxygens (including phenoxy) is 1. The van der Waals surface area contributed by atoms with E-state index < -0.39 is 0 Å². The van der Waals surface area contributed by atoms with Gasteiger partial charge in [0.05, 0.1) is 12.9 Å². The van der Waals surface area contributed by atoms with Gasteiger partial charge in [0, 0.05) is 19.2 Å². The highest BCUT2D eigenvalue weighted by Crippen LogP contribution is 2.18. The molecule has 0 saturated carbocycles. The van der Waals surface area contributed by atoms with Crippen LogP contribution in [-0.4, -0.2) is 20.0 Å². The summed E-state index contributed by atoms with van der Waals surface area (Å²) in [6, 6.07) is 7.69. The second-order valence-electron chi connectivity index (χ2n) is 3.06. The molecule has 1 rings (SSSR count). The quantitative estimate of drug-likeness (QED) is 0.590. The molecule has 0 heterocycles. The van der Waals surface area contributed by atoms with Crippen LogP contribution in [0.3, 0.4) is 0 Å². The van der Waals surface area contributed by atoms with Crippen molar-refractivity contribution < 1.29 is 4.74 Å². The van der Waals surface area contributed by atoms with E-state index in [1.807, 2.05) is 43.1 Å². The lowest BCUT2D eigenvalue weighted by Gasteiger charge is -2.19. The molecule has 1 aromatic rings. The second kappa shape index (κ2) is 4.65. The smallest absolute Gasteiger partial charge is 0.119 e. The van der Waals surface area contributed by atoms with Crippen LogP contribution in [0.4, 0.5) is 5.69 Å². The Balaban J connectivity index is 2.81. The highest BCUT2D eigenvalue weighted by Gasteiger charge is 2.04. The Morgan fingerprint density at radius 2 is 1.93 bits per heavy atom. The molecule has 0 amide bonds. The van der Waals surface area contributed by atoms with Crippen molar-refractivity contribution in [3.8, 4) is 5.75 Å². The van der Waals surface area contributed by atoms with E-state index in [4.69, 9.17) is 10.1 Å². The van der Waals surface area contributed by atoms with Gasteiger partial charge < -0.3 is 9.64 Å². The fraction of sp³-hybridized carbons (Fsp3) is 0.364. The number of nitrogens with one attached hydrogen (secondary N) is 1. The number of anilines is 1. The molecule has 0 aromatic heterocycles. The summed E-state index contributed by atoms with van der Waals surface area (Å²) in [5.41, 5.74) is 1.01. The minimum absolute atomic E-state index is 0.607. The maximum absolute atomic E-state index is 7.67. The van der Waals surface area contributed by atoms with E-state index in [0.717, 1.165) is 17.9 Å². The van der Waals surface area contributed by atoms with Crippen molar-refractivity contribution in [3.05, 3.63) is 24.3 Å². The molecule has 0 aliphatic rings. The summed E-state index contributed by atoms with van der Waals surface area (Å²) in [5.74, 6) is 1.44. The molecule has 0 bridgehead atoms. The van der Waals surface area contributed by atoms with Crippen LogP contribution >= 0.6 is 0 Å². The van der Waals surface area contributed by atoms with Crippen LogP contribution in [0.1, 0.15) is 13.3 Å². The summed E-state index contributed by atoms with van der Waals surface area (Å²) in [7, 11) is 3.54. The molecule has 76 valence electrons. The molecule has 1 N–H and O–H groups in total. The first-order valence-corrected chi connectivity index (χ1v) is 4.64. The molecule has 14 heavy (non-hydrogen) atoms. The average Bonchev–Trinajstić information content (AvgIpc) is 2.27. The zero-order chi connectivity index (χ0) is 10.6. The van der Waals surface area contributed by atoms with Gasteiger partial charge in [0.25, 0.3) is 0 Å². The minimum Gasteiger partial charge on any atom is -0.497 e. The molecule has 0 aliphatic carbocycles. The van der Waals surface area contributed by atoms with Crippen LogP contribution in [0.5, 0.6) is 5.75 Å². The van der Waals surface area contributed by atoms with Crippen LogP contribution in [0.15, 0.2) is 24.3 Å². The SMILES string of the molecule is CCC(=N)N(C)c1ccc(OC)cc1. The number of hydrogen-bond acceptors (Lipinski definition) is 2. The van der Waals surface area contributed by atoms with Gasteiger partial charge in [-0.2, -0.15) is 0 Å². The second-order valence-corrected chi connectivity index (χ2v) is 3.06. The highest BCUT2D eigenvalue weighted by atomic mass is 16.5. The van der Waals surface area contributed by atoms with Crippen molar-refractivity contribution in [2.24, 2.45) is 0 Å². The van der Waals surface area contributed by atoms with Gasteiger partial charge in [-0.1, -0.05) is 6.92 Å². The Labute approximate surface area is 84.8 Å². The van der Waals surface area contributed by atoms with Gasteiger partial charge in [0.15, 0.2) is 0 Å². The third-order valence-electron chi connectivity index (χ3n) is 2.20. The molecule has 0 spiro atoms. The van der Waals surface area contributed by atoms with Crippen molar-refractivity contribution in [2.45, 2.75) is 13.3 Å². The van der Waals surface area contributed by atoms with Gasteiger partial charge in [0.2, 0.25) is 0 Å². The largest absolute Gasteiger partial charge is 0.497 e. The molecule has 1 aromatic carbocycles. The predicted octanol–water partition coefficient (Wildman–Crippen LogP) is 2.52. The highest BCUT2D eigenvalue weighted by molar-refractivity contribution is 5.94. The van der Waals surface area contributed by atoms with Gasteiger partial charge >= 0.3 is 0 Å². The standard InChI is InChI=1S/C11H16N2O/c1-4-11(12)13(2)9-5-7-10(14-3)8-6-9/h5-8,12H,4H2,1-3H3. The zero-order valence-corrected chi connectivity index (χ0v) is 8.87. The Morgan fingerprint density at radius 3 is 2.36 bits per heavy atom. The van der Waals surface area contributed by atoms with Gasteiger partial charge in [-0.3, -0.25) is 5.41 Å². The molecular weight excluding hydrogens is 176 g/mol. The summed E-state index contributed by atoms with van der Waals surface area (Å²) in [6.45, 7) is 1.97. The summed E-state index contributed by atoms with van der Waals surface area (Å²) in [6.07, 6.45) is 0.739. The minimum atomic E-state index is 0.607. The first-order chi connectivity index (χ1) is 6.69. The Kier molecular flexibility index (Phi) is 3.51. The topological polar surface area (TPSA) is 36.3 Å². The van der Waals surface area contributed by atoms with E-state index in [9.17, 15) is 0 Å². The van der Waals surface area contributed by atoms with Crippen molar-refractivity contribution in [3.63, 3.8) is 0 Å². The summed E-state index contributed by atoms with van der Waals surface area (Å²) in [4.78, 5) is 1.86. The Hall–Kier alpha value is -1.51. The van der Waals surface area contributed by atoms with E-state index >= 15 is 0 Å². The number of benzene rings is 1. The molecule has 3 nitrogen and oxygen atoms in total. The van der Waals surface area contributed by atoms with E-state index in [2.05, 4.69) is 0 Å². The van der Waals surface area contributed by atoms with Crippen LogP contribution < -0.4 is 9.64 Å². The van der Waals surface area contributed by atoms with Crippen molar-refractivity contribution in [2.75, 3.05) is 19.1 Å². The normalized spacial score (nSPS) is 9.64. The molecule has 0 aliphatic heterocycles. The summed E-state index contributed by atoms with van der Waals surface area (Å²) >= 11 is 0. The van der Waals surface area contributed by atoms with Crippen LogP contribution in [0, 0.1) is 5.41 Å². The molecule has 0 unspecified atom stereocenters. The van der Waals surface area contributed by atoms with Crippen molar-refractivity contribution in [1.82, 2.24) is 0 Å². The number of nitrogens with zero attached hydrogens (tertiary/aromatic N) is 1. The molecule has 0 radical (unpaired) electrons. The number of amidine groups is 1. The van der Waals surface area contributed by atoms with E-state index in [1.54, 1.807) is 7.11 Å². The van der Waals surface area contributed by atoms with Gasteiger partial charge in [-0.05, 0) is 24.3 Å². The maximum Gasteiger partial charge on any atom is 0.119 e. The van der Waals surface area contributed by atoms with E-state index in [0.29, 0.717) is 5.84 Å². The van der Waals surface area contributed by atoms with E-state index in [1.165, 1.54) is 0 Å². The number of rotatable bonds is 3. The van der Waals surface area contributed by atoms with Gasteiger partial charge in [0.1, 0.15) is 5.75 Å². The predicted molar refractivity (Wildman–Crippen MR) is 59.4 cm³/mol. The Morgan fingerprint density at radius 1 is 1.36 bits per heavy atom. The van der Waals surface area contributed by atoms with Gasteiger partial charge in [-0.25, -0.2) is 0 Å². The Bertz CT molecular complexity index is 306. The van der Waals surface area contributed by atoms with Crippen molar-refractivity contribution in [1.29, 1.82) is 5.41 Å². The number of methoxy groups -OCH3 is 1. The third kappa shape index (κ3) is 2.25. The third-order valence-corrected chi connectivity index (χ3v) is 2.20. The van der Waals surface area contributed by atoms with Crippen LogP contribution in [-0.2, 0) is 0 Å². The zero-order valence-electron chi connectivity index (χ0n) is 8.87. The van der Waals surface area contributed by atoms with E-state index in [-0.39, 0.29) is 0 Å². The summed E-state index contributed by atoms with van der Waals surface area (Å²) in [5, 5.41) is 7.67. The average molecular weight is 192 g/mol. The monoisotopic (exact) mass is 192 g/mol. The fourth-order valence-corrected chi connectivity index (χ4v) is 1.20. The molecular formula is C11H16N2O. The first-order valence-electron chi connectivity index (χ1n) is 4.64.